The number of aliphatic hydroxyl groups is 1. The zero-order valence-corrected chi connectivity index (χ0v) is 9.24. The minimum Gasteiger partial charge on any atom is -0.493 e. The van der Waals surface area contributed by atoms with E-state index in [1.807, 2.05) is 20.9 Å². The Balaban J connectivity index is 3.20. The summed E-state index contributed by atoms with van der Waals surface area (Å²) in [5.41, 5.74) is -0.0821. The molecular formula is C10H18N2O2. The zero-order chi connectivity index (χ0) is 10.8. The van der Waals surface area contributed by atoms with Gasteiger partial charge in [0, 0.05) is 7.05 Å². The van der Waals surface area contributed by atoms with Crippen LogP contribution in [0.25, 0.3) is 0 Å². The van der Waals surface area contributed by atoms with Crippen molar-refractivity contribution in [1.82, 2.24) is 9.78 Å². The Kier molecular flexibility index (Phi) is 3.16. The van der Waals surface area contributed by atoms with Crippen LogP contribution in [0.2, 0.25) is 0 Å². The van der Waals surface area contributed by atoms with E-state index in [1.165, 1.54) is 0 Å². The van der Waals surface area contributed by atoms with Crippen LogP contribution in [0, 0.1) is 0 Å². The molecule has 1 heterocycles. The van der Waals surface area contributed by atoms with Crippen molar-refractivity contribution in [1.29, 1.82) is 0 Å². The van der Waals surface area contributed by atoms with Crippen LogP contribution in [-0.4, -0.2) is 22.0 Å². The SMILES string of the molecule is CCC(O)(CC)c1c(OC)cnn1C. The normalized spacial score (nSPS) is 11.8. The van der Waals surface area contributed by atoms with Crippen LogP contribution in [0.4, 0.5) is 0 Å². The molecule has 0 aromatic carbocycles. The lowest BCUT2D eigenvalue weighted by Crippen LogP contribution is -2.27. The first-order valence-electron chi connectivity index (χ1n) is 4.87. The number of rotatable bonds is 4. The Morgan fingerprint density at radius 3 is 2.50 bits per heavy atom. The van der Waals surface area contributed by atoms with E-state index in [-0.39, 0.29) is 0 Å². The number of aryl methyl sites for hydroxylation is 1. The van der Waals surface area contributed by atoms with Gasteiger partial charge >= 0.3 is 0 Å². The van der Waals surface area contributed by atoms with Gasteiger partial charge < -0.3 is 9.84 Å². The van der Waals surface area contributed by atoms with Gasteiger partial charge in [0.25, 0.3) is 0 Å². The van der Waals surface area contributed by atoms with E-state index >= 15 is 0 Å². The van der Waals surface area contributed by atoms with Crippen molar-refractivity contribution in [3.05, 3.63) is 11.9 Å². The highest BCUT2D eigenvalue weighted by Crippen LogP contribution is 2.34. The van der Waals surface area contributed by atoms with Crippen LogP contribution in [0.1, 0.15) is 32.4 Å². The monoisotopic (exact) mass is 198 g/mol. The summed E-state index contributed by atoms with van der Waals surface area (Å²) in [5.74, 6) is 0.652. The molecule has 4 nitrogen and oxygen atoms in total. The second kappa shape index (κ2) is 4.00. The van der Waals surface area contributed by atoms with Crippen molar-refractivity contribution in [3.63, 3.8) is 0 Å². The molecule has 0 saturated carbocycles. The highest BCUT2D eigenvalue weighted by molar-refractivity contribution is 5.30. The minimum atomic E-state index is -0.837. The Morgan fingerprint density at radius 1 is 1.50 bits per heavy atom. The van der Waals surface area contributed by atoms with Crippen molar-refractivity contribution < 1.29 is 9.84 Å². The first kappa shape index (κ1) is 11.0. The third kappa shape index (κ3) is 1.62. The van der Waals surface area contributed by atoms with Crippen LogP contribution in [0.15, 0.2) is 6.20 Å². The summed E-state index contributed by atoms with van der Waals surface area (Å²) in [6, 6.07) is 0. The smallest absolute Gasteiger partial charge is 0.162 e. The maximum Gasteiger partial charge on any atom is 0.162 e. The topological polar surface area (TPSA) is 47.3 Å². The highest BCUT2D eigenvalue weighted by Gasteiger charge is 2.31. The predicted octanol–water partition coefficient (Wildman–Crippen LogP) is 1.44. The second-order valence-corrected chi connectivity index (χ2v) is 3.42. The lowest BCUT2D eigenvalue weighted by atomic mass is 9.93. The van der Waals surface area contributed by atoms with Crippen LogP contribution in [0.5, 0.6) is 5.75 Å². The molecule has 1 N–H and O–H groups in total. The molecule has 14 heavy (non-hydrogen) atoms. The third-order valence-electron chi connectivity index (χ3n) is 2.74. The number of hydrogen-bond donors (Lipinski definition) is 1. The molecular weight excluding hydrogens is 180 g/mol. The molecule has 0 aliphatic rings. The quantitative estimate of drug-likeness (QED) is 0.796. The fourth-order valence-corrected chi connectivity index (χ4v) is 1.68. The van der Waals surface area contributed by atoms with Gasteiger partial charge in [-0.2, -0.15) is 5.10 Å². The molecule has 1 rings (SSSR count). The molecule has 0 unspecified atom stereocenters. The average molecular weight is 198 g/mol. The average Bonchev–Trinajstić information content (AvgIpc) is 2.59. The van der Waals surface area contributed by atoms with Gasteiger partial charge in [0.1, 0.15) is 11.3 Å². The molecule has 0 aliphatic heterocycles. The van der Waals surface area contributed by atoms with E-state index in [1.54, 1.807) is 18.0 Å². The molecule has 80 valence electrons. The van der Waals surface area contributed by atoms with Crippen LogP contribution >= 0.6 is 0 Å². The minimum absolute atomic E-state index is 0.652. The van der Waals surface area contributed by atoms with Crippen molar-refractivity contribution in [3.8, 4) is 5.75 Å². The van der Waals surface area contributed by atoms with Crippen molar-refractivity contribution in [2.45, 2.75) is 32.3 Å². The summed E-state index contributed by atoms with van der Waals surface area (Å²) in [6.07, 6.45) is 2.93. The summed E-state index contributed by atoms with van der Waals surface area (Å²) in [5, 5.41) is 14.4. The molecule has 0 aliphatic carbocycles. The van der Waals surface area contributed by atoms with Gasteiger partial charge in [-0.3, -0.25) is 4.68 Å². The summed E-state index contributed by atoms with van der Waals surface area (Å²) in [4.78, 5) is 0. The molecule has 4 heteroatoms. The Hall–Kier alpha value is -1.03. The van der Waals surface area contributed by atoms with E-state index in [9.17, 15) is 5.11 Å². The Labute approximate surface area is 84.5 Å². The van der Waals surface area contributed by atoms with E-state index in [0.717, 1.165) is 5.69 Å². The molecule has 0 amide bonds. The van der Waals surface area contributed by atoms with Gasteiger partial charge in [0.05, 0.1) is 13.3 Å². The number of aromatic nitrogens is 2. The molecule has 0 spiro atoms. The van der Waals surface area contributed by atoms with E-state index in [4.69, 9.17) is 4.74 Å². The fourth-order valence-electron chi connectivity index (χ4n) is 1.68. The van der Waals surface area contributed by atoms with Crippen molar-refractivity contribution in [2.24, 2.45) is 7.05 Å². The first-order valence-corrected chi connectivity index (χ1v) is 4.87. The van der Waals surface area contributed by atoms with Crippen LogP contribution < -0.4 is 4.74 Å². The number of ether oxygens (including phenoxy) is 1. The van der Waals surface area contributed by atoms with Gasteiger partial charge in [-0.25, -0.2) is 0 Å². The number of nitrogens with zero attached hydrogens (tertiary/aromatic N) is 2. The van der Waals surface area contributed by atoms with E-state index in [0.29, 0.717) is 18.6 Å². The van der Waals surface area contributed by atoms with Gasteiger partial charge in [0.15, 0.2) is 5.75 Å². The zero-order valence-electron chi connectivity index (χ0n) is 9.24. The maximum absolute atomic E-state index is 10.3. The van der Waals surface area contributed by atoms with Gasteiger partial charge in [-0.05, 0) is 12.8 Å². The lowest BCUT2D eigenvalue weighted by molar-refractivity contribution is 0.0180. The largest absolute Gasteiger partial charge is 0.493 e. The predicted molar refractivity (Wildman–Crippen MR) is 54.2 cm³/mol. The summed E-state index contributed by atoms with van der Waals surface area (Å²) in [6.45, 7) is 3.91. The molecule has 0 fully saturated rings. The van der Waals surface area contributed by atoms with Crippen LogP contribution in [0.3, 0.4) is 0 Å². The molecule has 0 bridgehead atoms. The fraction of sp³-hybridized carbons (Fsp3) is 0.700. The van der Waals surface area contributed by atoms with Gasteiger partial charge in [-0.15, -0.1) is 0 Å². The van der Waals surface area contributed by atoms with E-state index < -0.39 is 5.60 Å². The van der Waals surface area contributed by atoms with Crippen molar-refractivity contribution >= 4 is 0 Å². The van der Waals surface area contributed by atoms with Crippen LogP contribution in [-0.2, 0) is 12.6 Å². The molecule has 0 radical (unpaired) electrons. The highest BCUT2D eigenvalue weighted by atomic mass is 16.5. The standard InChI is InChI=1S/C10H18N2O2/c1-5-10(13,6-2)9-8(14-4)7-11-12(9)3/h7,13H,5-6H2,1-4H3. The maximum atomic E-state index is 10.3. The van der Waals surface area contributed by atoms with Crippen molar-refractivity contribution in [2.75, 3.05) is 7.11 Å². The molecule has 0 saturated heterocycles. The van der Waals surface area contributed by atoms with Gasteiger partial charge in [0.2, 0.25) is 0 Å². The Bertz CT molecular complexity index is 303. The lowest BCUT2D eigenvalue weighted by Gasteiger charge is -2.26. The first-order chi connectivity index (χ1) is 6.59. The number of hydrogen-bond acceptors (Lipinski definition) is 3. The summed E-state index contributed by atoms with van der Waals surface area (Å²) < 4.78 is 6.85. The van der Waals surface area contributed by atoms with E-state index in [2.05, 4.69) is 5.10 Å². The third-order valence-corrected chi connectivity index (χ3v) is 2.74. The van der Waals surface area contributed by atoms with Gasteiger partial charge in [-0.1, -0.05) is 13.8 Å². The summed E-state index contributed by atoms with van der Waals surface area (Å²) in [7, 11) is 3.40. The molecule has 1 aromatic rings. The summed E-state index contributed by atoms with van der Waals surface area (Å²) >= 11 is 0. The second-order valence-electron chi connectivity index (χ2n) is 3.42. The number of methoxy groups -OCH3 is 1. The Morgan fingerprint density at radius 2 is 2.07 bits per heavy atom. The molecule has 0 atom stereocenters. The molecule has 1 aromatic heterocycles.